The Morgan fingerprint density at radius 3 is 2.93 bits per heavy atom. The molecule has 2 atom stereocenters. The Morgan fingerprint density at radius 1 is 1.33 bits per heavy atom. The Morgan fingerprint density at radius 2 is 2.17 bits per heavy atom. The standard InChI is InChI=1S/C23H29N5O2/c1-15(2)30-21-5-4-9-25-23(21)27(3)18-8-10-28(19(13-18)14-29)22-12-16-11-17(24)6-7-20(16)26-22/h4-7,9,11-12,14-15,18-19,26H,8,10,13,24H2,1-3H3. The molecule has 1 fully saturated rings. The second-order valence-corrected chi connectivity index (χ2v) is 8.18. The molecule has 1 aromatic carbocycles. The summed E-state index contributed by atoms with van der Waals surface area (Å²) in [6.45, 7) is 4.78. The molecule has 0 amide bonds. The lowest BCUT2D eigenvalue weighted by Crippen LogP contribution is -2.50. The van der Waals surface area contributed by atoms with Crippen LogP contribution in [0.3, 0.4) is 0 Å². The second kappa shape index (κ2) is 8.26. The number of nitrogen functional groups attached to an aromatic ring is 1. The Bertz CT molecular complexity index is 1030. The van der Waals surface area contributed by atoms with E-state index >= 15 is 0 Å². The van der Waals surface area contributed by atoms with Gasteiger partial charge < -0.3 is 30.0 Å². The van der Waals surface area contributed by atoms with Crippen molar-refractivity contribution < 1.29 is 9.53 Å². The summed E-state index contributed by atoms with van der Waals surface area (Å²) in [5.74, 6) is 2.54. The van der Waals surface area contributed by atoms with E-state index in [1.165, 1.54) is 0 Å². The maximum absolute atomic E-state index is 12.0. The van der Waals surface area contributed by atoms with E-state index in [9.17, 15) is 4.79 Å². The van der Waals surface area contributed by atoms with Gasteiger partial charge in [-0.05, 0) is 63.1 Å². The van der Waals surface area contributed by atoms with Crippen molar-refractivity contribution in [2.45, 2.75) is 44.9 Å². The number of benzene rings is 1. The lowest BCUT2D eigenvalue weighted by Gasteiger charge is -2.41. The van der Waals surface area contributed by atoms with Crippen LogP contribution in [0.1, 0.15) is 26.7 Å². The molecule has 0 bridgehead atoms. The summed E-state index contributed by atoms with van der Waals surface area (Å²) in [7, 11) is 2.03. The van der Waals surface area contributed by atoms with E-state index < -0.39 is 0 Å². The van der Waals surface area contributed by atoms with Gasteiger partial charge in [-0.25, -0.2) is 4.98 Å². The van der Waals surface area contributed by atoms with Gasteiger partial charge in [-0.2, -0.15) is 0 Å². The number of carbonyl (C=O) groups is 1. The van der Waals surface area contributed by atoms with Crippen LogP contribution in [0.25, 0.3) is 10.9 Å². The number of rotatable bonds is 6. The summed E-state index contributed by atoms with van der Waals surface area (Å²) in [6, 6.07) is 11.7. The largest absolute Gasteiger partial charge is 0.487 e. The van der Waals surface area contributed by atoms with Crippen molar-refractivity contribution in [1.29, 1.82) is 0 Å². The van der Waals surface area contributed by atoms with Crippen molar-refractivity contribution in [3.63, 3.8) is 0 Å². The minimum Gasteiger partial charge on any atom is -0.487 e. The van der Waals surface area contributed by atoms with Crippen molar-refractivity contribution in [3.8, 4) is 5.75 Å². The van der Waals surface area contributed by atoms with Crippen LogP contribution in [0.5, 0.6) is 5.75 Å². The Labute approximate surface area is 176 Å². The zero-order chi connectivity index (χ0) is 21.3. The number of aromatic nitrogens is 2. The van der Waals surface area contributed by atoms with Crippen LogP contribution >= 0.6 is 0 Å². The molecule has 30 heavy (non-hydrogen) atoms. The van der Waals surface area contributed by atoms with E-state index in [1.54, 1.807) is 6.20 Å². The van der Waals surface area contributed by atoms with Gasteiger partial charge >= 0.3 is 0 Å². The van der Waals surface area contributed by atoms with Gasteiger partial charge in [0.2, 0.25) is 0 Å². The summed E-state index contributed by atoms with van der Waals surface area (Å²) < 4.78 is 5.94. The smallest absolute Gasteiger partial charge is 0.171 e. The molecule has 158 valence electrons. The van der Waals surface area contributed by atoms with Crippen LogP contribution in [-0.4, -0.2) is 48.0 Å². The van der Waals surface area contributed by atoms with Gasteiger partial charge in [0.25, 0.3) is 0 Å². The first-order valence-corrected chi connectivity index (χ1v) is 10.4. The van der Waals surface area contributed by atoms with Gasteiger partial charge in [-0.1, -0.05) is 0 Å². The van der Waals surface area contributed by atoms with E-state index in [1.807, 2.05) is 51.2 Å². The maximum Gasteiger partial charge on any atom is 0.171 e. The average molecular weight is 408 g/mol. The number of fused-ring (bicyclic) bond motifs is 1. The Hall–Kier alpha value is -3.22. The third-order valence-corrected chi connectivity index (χ3v) is 5.71. The van der Waals surface area contributed by atoms with Crippen molar-refractivity contribution >= 4 is 34.5 Å². The van der Waals surface area contributed by atoms with E-state index in [0.717, 1.165) is 59.6 Å². The van der Waals surface area contributed by atoms with Gasteiger partial charge in [-0.3, -0.25) is 0 Å². The number of aldehydes is 1. The third kappa shape index (κ3) is 3.92. The number of hydrogen-bond donors (Lipinski definition) is 2. The molecule has 4 rings (SSSR count). The zero-order valence-electron chi connectivity index (χ0n) is 17.7. The molecule has 3 heterocycles. The van der Waals surface area contributed by atoms with Crippen molar-refractivity contribution in [2.75, 3.05) is 29.1 Å². The summed E-state index contributed by atoms with van der Waals surface area (Å²) in [6.07, 6.45) is 4.53. The first kappa shape index (κ1) is 20.1. The molecule has 0 saturated carbocycles. The SMILES string of the molecule is CC(C)Oc1cccnc1N(C)C1CCN(c2cc3cc(N)ccc3[nH]2)C(C=O)C1. The van der Waals surface area contributed by atoms with Gasteiger partial charge in [-0.15, -0.1) is 0 Å². The van der Waals surface area contributed by atoms with Crippen molar-refractivity contribution in [3.05, 3.63) is 42.6 Å². The molecule has 0 radical (unpaired) electrons. The third-order valence-electron chi connectivity index (χ3n) is 5.71. The summed E-state index contributed by atoms with van der Waals surface area (Å²) in [4.78, 5) is 24.3. The molecule has 2 unspecified atom stereocenters. The molecule has 0 aliphatic carbocycles. The van der Waals surface area contributed by atoms with E-state index in [2.05, 4.69) is 25.8 Å². The predicted octanol–water partition coefficient (Wildman–Crippen LogP) is 3.61. The average Bonchev–Trinajstić information content (AvgIpc) is 3.15. The van der Waals surface area contributed by atoms with Crippen LogP contribution in [0, 0.1) is 0 Å². The summed E-state index contributed by atoms with van der Waals surface area (Å²) >= 11 is 0. The number of aromatic amines is 1. The highest BCUT2D eigenvalue weighted by Gasteiger charge is 2.32. The molecular weight excluding hydrogens is 378 g/mol. The molecule has 7 nitrogen and oxygen atoms in total. The summed E-state index contributed by atoms with van der Waals surface area (Å²) in [5.41, 5.74) is 7.66. The number of piperidine rings is 1. The molecule has 1 aliphatic rings. The lowest BCUT2D eigenvalue weighted by atomic mass is 9.96. The highest BCUT2D eigenvalue weighted by molar-refractivity contribution is 5.87. The quantitative estimate of drug-likeness (QED) is 0.479. The number of nitrogens with one attached hydrogen (secondary N) is 1. The Balaban J connectivity index is 1.54. The molecule has 2 aromatic heterocycles. The van der Waals surface area contributed by atoms with Crippen LogP contribution in [0.4, 0.5) is 17.3 Å². The number of anilines is 3. The molecule has 0 spiro atoms. The number of ether oxygens (including phenoxy) is 1. The van der Waals surface area contributed by atoms with Gasteiger partial charge in [0.1, 0.15) is 12.1 Å². The van der Waals surface area contributed by atoms with Crippen LogP contribution in [0.2, 0.25) is 0 Å². The van der Waals surface area contributed by atoms with Gasteiger partial charge in [0.15, 0.2) is 11.6 Å². The van der Waals surface area contributed by atoms with Gasteiger partial charge in [0, 0.05) is 42.4 Å². The first-order valence-electron chi connectivity index (χ1n) is 10.4. The molecule has 1 aliphatic heterocycles. The number of carbonyl (C=O) groups excluding carboxylic acids is 1. The number of H-pyrrole nitrogens is 1. The van der Waals surface area contributed by atoms with E-state index in [0.29, 0.717) is 0 Å². The second-order valence-electron chi connectivity index (χ2n) is 8.18. The van der Waals surface area contributed by atoms with Crippen molar-refractivity contribution in [1.82, 2.24) is 9.97 Å². The molecule has 1 saturated heterocycles. The molecule has 7 heteroatoms. The minimum absolute atomic E-state index is 0.0713. The number of hydrogen-bond acceptors (Lipinski definition) is 6. The number of pyridine rings is 1. The normalized spacial score (nSPS) is 19.3. The lowest BCUT2D eigenvalue weighted by molar-refractivity contribution is -0.109. The van der Waals surface area contributed by atoms with Crippen LogP contribution < -0.4 is 20.3 Å². The number of nitrogens with zero attached hydrogens (tertiary/aromatic N) is 3. The fourth-order valence-corrected chi connectivity index (χ4v) is 4.21. The van der Waals surface area contributed by atoms with E-state index in [-0.39, 0.29) is 18.2 Å². The van der Waals surface area contributed by atoms with Crippen LogP contribution in [-0.2, 0) is 4.79 Å². The topological polar surface area (TPSA) is 87.5 Å². The van der Waals surface area contributed by atoms with Crippen LogP contribution in [0.15, 0.2) is 42.6 Å². The maximum atomic E-state index is 12.0. The minimum atomic E-state index is -0.213. The van der Waals surface area contributed by atoms with Crippen molar-refractivity contribution in [2.24, 2.45) is 0 Å². The Kier molecular flexibility index (Phi) is 5.53. The van der Waals surface area contributed by atoms with E-state index in [4.69, 9.17) is 10.5 Å². The fourth-order valence-electron chi connectivity index (χ4n) is 4.21. The zero-order valence-corrected chi connectivity index (χ0v) is 17.7. The first-order chi connectivity index (χ1) is 14.5. The van der Waals surface area contributed by atoms with Gasteiger partial charge in [0.05, 0.1) is 12.1 Å². The highest BCUT2D eigenvalue weighted by atomic mass is 16.5. The summed E-state index contributed by atoms with van der Waals surface area (Å²) in [5, 5.41) is 1.05. The monoisotopic (exact) mass is 407 g/mol. The molecular formula is C23H29N5O2. The number of nitrogens with two attached hydrogens (primary N) is 1. The fraction of sp³-hybridized carbons (Fsp3) is 0.391. The highest BCUT2D eigenvalue weighted by Crippen LogP contribution is 2.33. The predicted molar refractivity (Wildman–Crippen MR) is 121 cm³/mol. The molecule has 3 aromatic rings. The molecule has 3 N–H and O–H groups in total.